The Bertz CT molecular complexity index is 969. The molecule has 1 aromatic carbocycles. The number of hydrogen-bond donors (Lipinski definition) is 1. The van der Waals surface area contributed by atoms with Crippen molar-refractivity contribution in [2.75, 3.05) is 55.4 Å². The first-order chi connectivity index (χ1) is 14.6. The third-order valence-corrected chi connectivity index (χ3v) is 5.23. The van der Waals surface area contributed by atoms with Crippen LogP contribution >= 0.6 is 0 Å². The first-order valence-corrected chi connectivity index (χ1v) is 10.4. The number of nitrogens with zero attached hydrogens (tertiary/aromatic N) is 6. The van der Waals surface area contributed by atoms with E-state index < -0.39 is 0 Å². The summed E-state index contributed by atoms with van der Waals surface area (Å²) >= 11 is 0. The monoisotopic (exact) mass is 403 g/mol. The lowest BCUT2D eigenvalue weighted by Crippen LogP contribution is -2.49. The summed E-state index contributed by atoms with van der Waals surface area (Å²) in [5, 5.41) is 3.44. The maximum atomic E-state index is 4.82. The minimum atomic E-state index is 0.763. The second kappa shape index (κ2) is 8.98. The van der Waals surface area contributed by atoms with Gasteiger partial charge in [0.15, 0.2) is 0 Å². The number of amidine groups is 1. The van der Waals surface area contributed by atoms with Crippen LogP contribution < -0.4 is 15.1 Å². The molecule has 1 N–H and O–H groups in total. The minimum absolute atomic E-state index is 0.763. The van der Waals surface area contributed by atoms with E-state index in [0.717, 1.165) is 61.7 Å². The van der Waals surface area contributed by atoms with E-state index in [1.165, 1.54) is 5.56 Å². The highest BCUT2D eigenvalue weighted by Crippen LogP contribution is 2.23. The van der Waals surface area contributed by atoms with Gasteiger partial charge >= 0.3 is 0 Å². The molecule has 3 heterocycles. The van der Waals surface area contributed by atoms with Crippen LogP contribution in [0.2, 0.25) is 0 Å². The molecule has 0 radical (unpaired) electrons. The van der Waals surface area contributed by atoms with Crippen molar-refractivity contribution in [3.05, 3.63) is 60.3 Å². The zero-order valence-electron chi connectivity index (χ0n) is 17.9. The third kappa shape index (κ3) is 4.79. The number of allylic oxidation sites excluding steroid dienone is 2. The average molecular weight is 404 g/mol. The summed E-state index contributed by atoms with van der Waals surface area (Å²) in [5.74, 6) is 3.59. The van der Waals surface area contributed by atoms with Crippen LogP contribution in [0.5, 0.6) is 0 Å². The molecule has 1 saturated heterocycles. The van der Waals surface area contributed by atoms with E-state index in [2.05, 4.69) is 57.4 Å². The molecule has 0 amide bonds. The topological polar surface area (TPSA) is 59.9 Å². The zero-order valence-corrected chi connectivity index (χ0v) is 17.9. The van der Waals surface area contributed by atoms with Crippen LogP contribution in [0.4, 0.5) is 23.3 Å². The van der Waals surface area contributed by atoms with Gasteiger partial charge in [0, 0.05) is 64.6 Å². The molecule has 30 heavy (non-hydrogen) atoms. The molecule has 0 unspecified atom stereocenters. The van der Waals surface area contributed by atoms with Crippen LogP contribution in [-0.4, -0.2) is 61.0 Å². The van der Waals surface area contributed by atoms with Crippen molar-refractivity contribution in [3.8, 4) is 0 Å². The Hall–Kier alpha value is -3.35. The number of aryl methyl sites for hydroxylation is 1. The summed E-state index contributed by atoms with van der Waals surface area (Å²) in [6.45, 7) is 5.65. The van der Waals surface area contributed by atoms with Gasteiger partial charge in [-0.3, -0.25) is 0 Å². The molecule has 2 aliphatic heterocycles. The average Bonchev–Trinajstić information content (AvgIpc) is 3.03. The molecular weight excluding hydrogens is 374 g/mol. The number of benzene rings is 1. The molecule has 0 spiro atoms. The van der Waals surface area contributed by atoms with Crippen molar-refractivity contribution in [3.63, 3.8) is 0 Å². The van der Waals surface area contributed by atoms with Crippen LogP contribution in [0.25, 0.3) is 0 Å². The van der Waals surface area contributed by atoms with E-state index in [1.54, 1.807) is 0 Å². The van der Waals surface area contributed by atoms with Gasteiger partial charge in [0.05, 0.1) is 0 Å². The molecule has 156 valence electrons. The summed E-state index contributed by atoms with van der Waals surface area (Å²) in [6.07, 6.45) is 8.94. The van der Waals surface area contributed by atoms with Gasteiger partial charge in [0.1, 0.15) is 17.5 Å². The Morgan fingerprint density at radius 2 is 1.77 bits per heavy atom. The molecule has 1 fully saturated rings. The van der Waals surface area contributed by atoms with Gasteiger partial charge in [-0.2, -0.15) is 9.97 Å². The quantitative estimate of drug-likeness (QED) is 0.842. The summed E-state index contributed by atoms with van der Waals surface area (Å²) in [4.78, 5) is 20.8. The maximum Gasteiger partial charge on any atom is 0.229 e. The summed E-state index contributed by atoms with van der Waals surface area (Å²) in [5.41, 5.74) is 2.24. The highest BCUT2D eigenvalue weighted by atomic mass is 15.3. The summed E-state index contributed by atoms with van der Waals surface area (Å²) in [7, 11) is 4.01. The Kier molecular flexibility index (Phi) is 5.97. The molecule has 0 atom stereocenters. The molecule has 7 heteroatoms. The first kappa shape index (κ1) is 19.9. The van der Waals surface area contributed by atoms with E-state index in [0.29, 0.717) is 0 Å². The molecule has 4 rings (SSSR count). The number of hydrogen-bond acceptors (Lipinski definition) is 7. The number of rotatable bonds is 4. The fourth-order valence-corrected chi connectivity index (χ4v) is 3.59. The normalized spacial score (nSPS) is 16.3. The van der Waals surface area contributed by atoms with Crippen LogP contribution in [0.1, 0.15) is 12.0 Å². The van der Waals surface area contributed by atoms with Gasteiger partial charge < -0.3 is 20.0 Å². The van der Waals surface area contributed by atoms with E-state index in [4.69, 9.17) is 9.97 Å². The number of nitrogens with one attached hydrogen (secondary N) is 1. The predicted octanol–water partition coefficient (Wildman–Crippen LogP) is 3.59. The van der Waals surface area contributed by atoms with Crippen molar-refractivity contribution >= 4 is 29.1 Å². The van der Waals surface area contributed by atoms with E-state index in [1.807, 2.05) is 43.4 Å². The van der Waals surface area contributed by atoms with E-state index in [9.17, 15) is 0 Å². The Morgan fingerprint density at radius 3 is 2.53 bits per heavy atom. The van der Waals surface area contributed by atoms with Gasteiger partial charge in [0.25, 0.3) is 0 Å². The van der Waals surface area contributed by atoms with Gasteiger partial charge in [0.2, 0.25) is 5.95 Å². The standard InChI is InChI=1S/C23H29N7/c1-18-8-7-9-19(16-18)25-20-17-22(28(2)3)27-23(26-20)30-14-12-29(13-15-30)21-10-5-4-6-11-24-21/h4-9,11,16-17H,10,12-15H2,1-3H3,(H,25,26,27). The van der Waals surface area contributed by atoms with Gasteiger partial charge in [-0.1, -0.05) is 24.3 Å². The lowest BCUT2D eigenvalue weighted by atomic mass is 10.2. The first-order valence-electron chi connectivity index (χ1n) is 10.4. The fraction of sp³-hybridized carbons (Fsp3) is 0.348. The SMILES string of the molecule is Cc1cccc(Nc2cc(N(C)C)nc(N3CCN(C4=NC=CC=CC4)CC3)n2)c1. The molecule has 7 nitrogen and oxygen atoms in total. The molecular formula is C23H29N7. The summed E-state index contributed by atoms with van der Waals surface area (Å²) < 4.78 is 0. The predicted molar refractivity (Wildman–Crippen MR) is 125 cm³/mol. The van der Waals surface area contributed by atoms with Gasteiger partial charge in [-0.15, -0.1) is 0 Å². The molecule has 0 aliphatic carbocycles. The second-order valence-corrected chi connectivity index (χ2v) is 7.79. The van der Waals surface area contributed by atoms with Crippen LogP contribution in [-0.2, 0) is 0 Å². The number of anilines is 4. The highest BCUT2D eigenvalue weighted by Gasteiger charge is 2.22. The van der Waals surface area contributed by atoms with Crippen molar-refractivity contribution in [1.29, 1.82) is 0 Å². The number of piperazine rings is 1. The van der Waals surface area contributed by atoms with Gasteiger partial charge in [-0.05, 0) is 30.7 Å². The Labute approximate surface area is 178 Å². The minimum Gasteiger partial charge on any atom is -0.363 e. The van der Waals surface area contributed by atoms with Crippen molar-refractivity contribution in [1.82, 2.24) is 14.9 Å². The molecule has 1 aromatic heterocycles. The second-order valence-electron chi connectivity index (χ2n) is 7.79. The highest BCUT2D eigenvalue weighted by molar-refractivity contribution is 5.85. The molecule has 2 aliphatic rings. The van der Waals surface area contributed by atoms with Crippen LogP contribution in [0.3, 0.4) is 0 Å². The molecule has 0 saturated carbocycles. The zero-order chi connectivity index (χ0) is 20.9. The smallest absolute Gasteiger partial charge is 0.229 e. The van der Waals surface area contributed by atoms with Crippen molar-refractivity contribution in [2.45, 2.75) is 13.3 Å². The summed E-state index contributed by atoms with van der Waals surface area (Å²) in [6, 6.07) is 10.3. The fourth-order valence-electron chi connectivity index (χ4n) is 3.59. The van der Waals surface area contributed by atoms with Crippen molar-refractivity contribution < 1.29 is 0 Å². The van der Waals surface area contributed by atoms with Crippen molar-refractivity contribution in [2.24, 2.45) is 4.99 Å². The third-order valence-electron chi connectivity index (χ3n) is 5.23. The van der Waals surface area contributed by atoms with E-state index in [-0.39, 0.29) is 0 Å². The number of aromatic nitrogens is 2. The van der Waals surface area contributed by atoms with Crippen LogP contribution in [0.15, 0.2) is 59.8 Å². The lowest BCUT2D eigenvalue weighted by molar-refractivity contribution is 0.379. The maximum absolute atomic E-state index is 4.82. The Balaban J connectivity index is 1.51. The molecule has 2 aromatic rings. The Morgan fingerprint density at radius 1 is 0.967 bits per heavy atom. The largest absolute Gasteiger partial charge is 0.363 e. The van der Waals surface area contributed by atoms with E-state index >= 15 is 0 Å². The molecule has 0 bridgehead atoms. The van der Waals surface area contributed by atoms with Crippen LogP contribution in [0, 0.1) is 6.92 Å². The van der Waals surface area contributed by atoms with Gasteiger partial charge in [-0.25, -0.2) is 4.99 Å². The lowest BCUT2D eigenvalue weighted by Gasteiger charge is -2.36. The number of aliphatic imine (C=N–C) groups is 1.